The number of carboxylic acids is 1. The Morgan fingerprint density at radius 2 is 2.16 bits per heavy atom. The van der Waals surface area contributed by atoms with Crippen molar-refractivity contribution >= 4 is 28.6 Å². The van der Waals surface area contributed by atoms with Crippen molar-refractivity contribution in [2.75, 3.05) is 5.32 Å². The predicted octanol–water partition coefficient (Wildman–Crippen LogP) is 1.93. The van der Waals surface area contributed by atoms with Crippen molar-refractivity contribution in [2.24, 2.45) is 0 Å². The number of hydrogen-bond acceptors (Lipinski definition) is 3. The number of carbonyl (C=O) groups excluding carboxylic acids is 1. The molecule has 0 aliphatic heterocycles. The van der Waals surface area contributed by atoms with Crippen LogP contribution in [0.5, 0.6) is 0 Å². The number of aryl methyl sites for hydroxylation is 1. The SMILES string of the molecule is CCc1nc2ccc(NC(=O)CCC(=O)O)cc2[nH]1. The summed E-state index contributed by atoms with van der Waals surface area (Å²) in [6, 6.07) is 5.36. The molecule has 19 heavy (non-hydrogen) atoms. The Labute approximate surface area is 109 Å². The van der Waals surface area contributed by atoms with Crippen LogP contribution in [-0.4, -0.2) is 27.0 Å². The zero-order chi connectivity index (χ0) is 13.8. The first kappa shape index (κ1) is 13.1. The molecule has 0 radical (unpaired) electrons. The number of amides is 1. The number of hydrogen-bond donors (Lipinski definition) is 3. The molecule has 0 atom stereocenters. The predicted molar refractivity (Wildman–Crippen MR) is 71.0 cm³/mol. The highest BCUT2D eigenvalue weighted by Crippen LogP contribution is 2.17. The molecule has 0 aliphatic carbocycles. The fraction of sp³-hybridized carbons (Fsp3) is 0.308. The number of carboxylic acid groups (broad SMARTS) is 1. The zero-order valence-corrected chi connectivity index (χ0v) is 10.6. The molecule has 100 valence electrons. The summed E-state index contributed by atoms with van der Waals surface area (Å²) in [6.45, 7) is 2.01. The first-order chi connectivity index (χ1) is 9.08. The number of rotatable bonds is 5. The molecule has 6 nitrogen and oxygen atoms in total. The summed E-state index contributed by atoms with van der Waals surface area (Å²) in [5.41, 5.74) is 2.34. The molecule has 1 heterocycles. The van der Waals surface area contributed by atoms with Gasteiger partial charge in [-0.05, 0) is 18.2 Å². The smallest absolute Gasteiger partial charge is 0.303 e. The fourth-order valence-electron chi connectivity index (χ4n) is 1.75. The molecule has 6 heteroatoms. The zero-order valence-electron chi connectivity index (χ0n) is 10.6. The second kappa shape index (κ2) is 5.51. The summed E-state index contributed by atoms with van der Waals surface area (Å²) in [7, 11) is 0. The molecule has 0 saturated heterocycles. The molecule has 0 unspecified atom stereocenters. The molecule has 1 aromatic carbocycles. The number of benzene rings is 1. The van der Waals surface area contributed by atoms with E-state index in [9.17, 15) is 9.59 Å². The van der Waals surface area contributed by atoms with E-state index in [4.69, 9.17) is 5.11 Å². The molecular weight excluding hydrogens is 246 g/mol. The molecular formula is C13H15N3O3. The van der Waals surface area contributed by atoms with Gasteiger partial charge in [-0.2, -0.15) is 0 Å². The second-order valence-corrected chi connectivity index (χ2v) is 4.21. The van der Waals surface area contributed by atoms with Crippen LogP contribution < -0.4 is 5.32 Å². The number of nitrogens with one attached hydrogen (secondary N) is 2. The maximum Gasteiger partial charge on any atom is 0.303 e. The van der Waals surface area contributed by atoms with Crippen molar-refractivity contribution in [3.05, 3.63) is 24.0 Å². The van der Waals surface area contributed by atoms with Gasteiger partial charge in [-0.1, -0.05) is 6.92 Å². The van der Waals surface area contributed by atoms with E-state index in [1.807, 2.05) is 13.0 Å². The summed E-state index contributed by atoms with van der Waals surface area (Å²) in [6.07, 6.45) is 0.615. The van der Waals surface area contributed by atoms with Crippen LogP contribution >= 0.6 is 0 Å². The minimum absolute atomic E-state index is 0.0312. The molecule has 1 aromatic heterocycles. The fourth-order valence-corrected chi connectivity index (χ4v) is 1.75. The third-order valence-electron chi connectivity index (χ3n) is 2.72. The maximum absolute atomic E-state index is 11.5. The molecule has 0 saturated carbocycles. The lowest BCUT2D eigenvalue weighted by Crippen LogP contribution is -2.13. The molecule has 1 amide bonds. The molecule has 0 spiro atoms. The van der Waals surface area contributed by atoms with Crippen molar-refractivity contribution in [3.8, 4) is 0 Å². The van der Waals surface area contributed by atoms with E-state index in [1.165, 1.54) is 0 Å². The maximum atomic E-state index is 11.5. The first-order valence-electron chi connectivity index (χ1n) is 6.08. The topological polar surface area (TPSA) is 95.1 Å². The van der Waals surface area contributed by atoms with Crippen molar-refractivity contribution in [3.63, 3.8) is 0 Å². The van der Waals surface area contributed by atoms with Crippen LogP contribution in [0.25, 0.3) is 11.0 Å². The van der Waals surface area contributed by atoms with Crippen molar-refractivity contribution < 1.29 is 14.7 Å². The lowest BCUT2D eigenvalue weighted by atomic mass is 10.2. The lowest BCUT2D eigenvalue weighted by molar-refractivity contribution is -0.138. The molecule has 0 fully saturated rings. The third-order valence-corrected chi connectivity index (χ3v) is 2.72. The van der Waals surface area contributed by atoms with Crippen LogP contribution in [0.1, 0.15) is 25.6 Å². The van der Waals surface area contributed by atoms with Gasteiger partial charge in [0.05, 0.1) is 17.5 Å². The van der Waals surface area contributed by atoms with Crippen molar-refractivity contribution in [1.82, 2.24) is 9.97 Å². The first-order valence-corrected chi connectivity index (χ1v) is 6.08. The van der Waals surface area contributed by atoms with Crippen LogP contribution in [0.15, 0.2) is 18.2 Å². The van der Waals surface area contributed by atoms with Gasteiger partial charge in [0, 0.05) is 18.5 Å². The van der Waals surface area contributed by atoms with Gasteiger partial charge in [-0.25, -0.2) is 4.98 Å². The van der Waals surface area contributed by atoms with E-state index in [0.717, 1.165) is 23.3 Å². The normalized spacial score (nSPS) is 10.6. The minimum Gasteiger partial charge on any atom is -0.481 e. The standard InChI is InChI=1S/C13H15N3O3/c1-2-11-15-9-4-3-8(7-10(9)16-11)14-12(17)5-6-13(18)19/h3-4,7H,2,5-6H2,1H3,(H,14,17)(H,15,16)(H,18,19). The van der Waals surface area contributed by atoms with E-state index in [1.54, 1.807) is 12.1 Å². The number of H-pyrrole nitrogens is 1. The number of aromatic amines is 1. The Kier molecular flexibility index (Phi) is 3.79. The summed E-state index contributed by atoms with van der Waals surface area (Å²) in [5.74, 6) is -0.395. The largest absolute Gasteiger partial charge is 0.481 e. The van der Waals surface area contributed by atoms with Crippen LogP contribution in [-0.2, 0) is 16.0 Å². The van der Waals surface area contributed by atoms with Gasteiger partial charge in [-0.3, -0.25) is 9.59 Å². The summed E-state index contributed by atoms with van der Waals surface area (Å²) in [4.78, 5) is 29.4. The summed E-state index contributed by atoms with van der Waals surface area (Å²) in [5, 5.41) is 11.2. The van der Waals surface area contributed by atoms with Crippen LogP contribution in [0.3, 0.4) is 0 Å². The number of carbonyl (C=O) groups is 2. The van der Waals surface area contributed by atoms with Gasteiger partial charge in [0.15, 0.2) is 0 Å². The molecule has 0 aliphatic rings. The van der Waals surface area contributed by atoms with Crippen LogP contribution in [0.2, 0.25) is 0 Å². The average Bonchev–Trinajstić information content (AvgIpc) is 2.78. The quantitative estimate of drug-likeness (QED) is 0.766. The number of imidazole rings is 1. The summed E-state index contributed by atoms with van der Waals surface area (Å²) >= 11 is 0. The highest BCUT2D eigenvalue weighted by Gasteiger charge is 2.07. The molecule has 0 bridgehead atoms. The number of fused-ring (bicyclic) bond motifs is 1. The van der Waals surface area contributed by atoms with E-state index < -0.39 is 5.97 Å². The number of aromatic nitrogens is 2. The number of aliphatic carboxylic acids is 1. The summed E-state index contributed by atoms with van der Waals surface area (Å²) < 4.78 is 0. The third kappa shape index (κ3) is 3.31. The van der Waals surface area contributed by atoms with Gasteiger partial charge < -0.3 is 15.4 Å². The van der Waals surface area contributed by atoms with Crippen molar-refractivity contribution in [2.45, 2.75) is 26.2 Å². The Morgan fingerprint density at radius 3 is 2.84 bits per heavy atom. The minimum atomic E-state index is -0.980. The number of nitrogens with zero attached hydrogens (tertiary/aromatic N) is 1. The number of anilines is 1. The van der Waals surface area contributed by atoms with E-state index in [0.29, 0.717) is 5.69 Å². The molecule has 3 N–H and O–H groups in total. The van der Waals surface area contributed by atoms with E-state index >= 15 is 0 Å². The van der Waals surface area contributed by atoms with E-state index in [2.05, 4.69) is 15.3 Å². The van der Waals surface area contributed by atoms with E-state index in [-0.39, 0.29) is 18.7 Å². The van der Waals surface area contributed by atoms with Crippen molar-refractivity contribution in [1.29, 1.82) is 0 Å². The van der Waals surface area contributed by atoms with Gasteiger partial charge in [0.25, 0.3) is 0 Å². The Balaban J connectivity index is 2.08. The Morgan fingerprint density at radius 1 is 1.37 bits per heavy atom. The monoisotopic (exact) mass is 261 g/mol. The van der Waals surface area contributed by atoms with Gasteiger partial charge in [0.2, 0.25) is 5.91 Å². The molecule has 2 aromatic rings. The average molecular weight is 261 g/mol. The Hall–Kier alpha value is -2.37. The van der Waals surface area contributed by atoms with Crippen LogP contribution in [0, 0.1) is 0 Å². The van der Waals surface area contributed by atoms with Gasteiger partial charge in [-0.15, -0.1) is 0 Å². The lowest BCUT2D eigenvalue weighted by Gasteiger charge is -2.03. The second-order valence-electron chi connectivity index (χ2n) is 4.21. The highest BCUT2D eigenvalue weighted by molar-refractivity contribution is 5.94. The Bertz CT molecular complexity index is 619. The van der Waals surface area contributed by atoms with Gasteiger partial charge in [0.1, 0.15) is 5.82 Å². The highest BCUT2D eigenvalue weighted by atomic mass is 16.4. The van der Waals surface area contributed by atoms with Crippen LogP contribution in [0.4, 0.5) is 5.69 Å². The van der Waals surface area contributed by atoms with Gasteiger partial charge >= 0.3 is 5.97 Å². The molecule has 2 rings (SSSR count).